The Kier molecular flexibility index (Phi) is 4.11. The predicted molar refractivity (Wildman–Crippen MR) is 74.6 cm³/mol. The van der Waals surface area contributed by atoms with Crippen LogP contribution >= 0.6 is 11.3 Å². The molecule has 0 amide bonds. The summed E-state index contributed by atoms with van der Waals surface area (Å²) in [7, 11) is 0. The van der Waals surface area contributed by atoms with E-state index < -0.39 is 5.54 Å². The van der Waals surface area contributed by atoms with Crippen molar-refractivity contribution in [1.29, 1.82) is 0 Å². The van der Waals surface area contributed by atoms with E-state index in [9.17, 15) is 5.11 Å². The van der Waals surface area contributed by atoms with Gasteiger partial charge in [-0.15, -0.1) is 11.3 Å². The number of rotatable bonds is 5. The number of nitrogens with zero attached hydrogens (tertiary/aromatic N) is 1. The standard InChI is InChI=1S/C14H18N2OS/c1-11-16-13(9-18-11)8-15-14(2,10-17)12-6-4-3-5-7-12/h3-7,9,15,17H,8,10H2,1-2H3. The highest BCUT2D eigenvalue weighted by Crippen LogP contribution is 2.20. The third kappa shape index (κ3) is 2.96. The molecule has 0 saturated carbocycles. The van der Waals surface area contributed by atoms with Crippen LogP contribution in [0, 0.1) is 6.92 Å². The fourth-order valence-corrected chi connectivity index (χ4v) is 2.44. The molecule has 0 aliphatic carbocycles. The highest BCUT2D eigenvalue weighted by Gasteiger charge is 2.24. The van der Waals surface area contributed by atoms with Gasteiger partial charge in [0.1, 0.15) is 0 Å². The predicted octanol–water partition coefficient (Wildman–Crippen LogP) is 2.45. The summed E-state index contributed by atoms with van der Waals surface area (Å²) in [6, 6.07) is 9.99. The molecule has 0 spiro atoms. The van der Waals surface area contributed by atoms with Crippen LogP contribution in [0.25, 0.3) is 0 Å². The van der Waals surface area contributed by atoms with Gasteiger partial charge in [-0.1, -0.05) is 30.3 Å². The fraction of sp³-hybridized carbons (Fsp3) is 0.357. The summed E-state index contributed by atoms with van der Waals surface area (Å²) in [4.78, 5) is 4.42. The molecule has 1 atom stereocenters. The maximum absolute atomic E-state index is 9.64. The third-order valence-corrected chi connectivity index (χ3v) is 3.88. The van der Waals surface area contributed by atoms with Gasteiger partial charge in [0.2, 0.25) is 0 Å². The largest absolute Gasteiger partial charge is 0.394 e. The summed E-state index contributed by atoms with van der Waals surface area (Å²) < 4.78 is 0. The number of hydrogen-bond donors (Lipinski definition) is 2. The first kappa shape index (κ1) is 13.2. The zero-order valence-electron chi connectivity index (χ0n) is 10.7. The van der Waals surface area contributed by atoms with Crippen LogP contribution in [0.4, 0.5) is 0 Å². The molecule has 1 unspecified atom stereocenters. The number of thiazole rings is 1. The van der Waals surface area contributed by atoms with Crippen molar-refractivity contribution in [2.45, 2.75) is 25.9 Å². The SMILES string of the molecule is Cc1nc(CNC(C)(CO)c2ccccc2)cs1. The Labute approximate surface area is 112 Å². The van der Waals surface area contributed by atoms with Gasteiger partial charge in [0, 0.05) is 11.9 Å². The van der Waals surface area contributed by atoms with E-state index in [0.717, 1.165) is 16.3 Å². The van der Waals surface area contributed by atoms with Crippen molar-refractivity contribution >= 4 is 11.3 Å². The third-order valence-electron chi connectivity index (χ3n) is 3.05. The van der Waals surface area contributed by atoms with Crippen LogP contribution in [-0.4, -0.2) is 16.7 Å². The van der Waals surface area contributed by atoms with Gasteiger partial charge in [0.25, 0.3) is 0 Å². The van der Waals surface area contributed by atoms with Crippen LogP contribution in [0.3, 0.4) is 0 Å². The molecule has 3 nitrogen and oxygen atoms in total. The molecule has 96 valence electrons. The van der Waals surface area contributed by atoms with Crippen molar-refractivity contribution in [3.63, 3.8) is 0 Å². The first-order valence-electron chi connectivity index (χ1n) is 5.96. The second kappa shape index (κ2) is 5.61. The number of hydrogen-bond acceptors (Lipinski definition) is 4. The van der Waals surface area contributed by atoms with Crippen LogP contribution in [0.1, 0.15) is 23.2 Å². The summed E-state index contributed by atoms with van der Waals surface area (Å²) in [6.07, 6.45) is 0. The molecule has 2 rings (SSSR count). The van der Waals surface area contributed by atoms with Crippen molar-refractivity contribution in [2.75, 3.05) is 6.61 Å². The molecule has 0 aliphatic rings. The van der Waals surface area contributed by atoms with Crippen molar-refractivity contribution in [1.82, 2.24) is 10.3 Å². The summed E-state index contributed by atoms with van der Waals surface area (Å²) in [6.45, 7) is 4.72. The number of benzene rings is 1. The molecule has 0 saturated heterocycles. The van der Waals surface area contributed by atoms with Crippen molar-refractivity contribution in [3.05, 3.63) is 52.0 Å². The van der Waals surface area contributed by atoms with Gasteiger partial charge < -0.3 is 5.11 Å². The molecule has 1 aromatic heterocycles. The fourth-order valence-electron chi connectivity index (χ4n) is 1.83. The minimum atomic E-state index is -0.432. The summed E-state index contributed by atoms with van der Waals surface area (Å²) in [5.41, 5.74) is 1.67. The van der Waals surface area contributed by atoms with Gasteiger partial charge in [-0.25, -0.2) is 4.98 Å². The Morgan fingerprint density at radius 1 is 1.33 bits per heavy atom. The molecule has 0 fully saturated rings. The van der Waals surface area contributed by atoms with Crippen molar-refractivity contribution in [2.24, 2.45) is 0 Å². The maximum Gasteiger partial charge on any atom is 0.0897 e. The highest BCUT2D eigenvalue weighted by molar-refractivity contribution is 7.09. The van der Waals surface area contributed by atoms with Gasteiger partial charge in [0.15, 0.2) is 0 Å². The Morgan fingerprint density at radius 3 is 2.61 bits per heavy atom. The Hall–Kier alpha value is -1.23. The average molecular weight is 262 g/mol. The quantitative estimate of drug-likeness (QED) is 0.870. The van der Waals surface area contributed by atoms with Gasteiger partial charge in [-0.3, -0.25) is 5.32 Å². The normalized spacial score (nSPS) is 14.4. The smallest absolute Gasteiger partial charge is 0.0897 e. The molecule has 18 heavy (non-hydrogen) atoms. The number of aryl methyl sites for hydroxylation is 1. The Morgan fingerprint density at radius 2 is 2.06 bits per heavy atom. The second-order valence-electron chi connectivity index (χ2n) is 4.57. The van der Waals surface area contributed by atoms with Gasteiger partial charge >= 0.3 is 0 Å². The molecule has 0 bridgehead atoms. The van der Waals surface area contributed by atoms with E-state index in [2.05, 4.69) is 10.3 Å². The van der Waals surface area contributed by atoms with E-state index in [-0.39, 0.29) is 6.61 Å². The van der Waals surface area contributed by atoms with E-state index >= 15 is 0 Å². The zero-order valence-corrected chi connectivity index (χ0v) is 11.5. The van der Waals surface area contributed by atoms with Crippen LogP contribution in [0.2, 0.25) is 0 Å². The second-order valence-corrected chi connectivity index (χ2v) is 5.63. The molecular weight excluding hydrogens is 244 g/mol. The maximum atomic E-state index is 9.64. The lowest BCUT2D eigenvalue weighted by Gasteiger charge is -2.29. The molecular formula is C14H18N2OS. The van der Waals surface area contributed by atoms with Crippen molar-refractivity contribution in [3.8, 4) is 0 Å². The Balaban J connectivity index is 2.09. The molecule has 0 aliphatic heterocycles. The Bertz CT molecular complexity index is 498. The first-order valence-corrected chi connectivity index (χ1v) is 6.84. The molecule has 2 N–H and O–H groups in total. The molecule has 2 aromatic rings. The highest BCUT2D eigenvalue weighted by atomic mass is 32.1. The minimum Gasteiger partial charge on any atom is -0.394 e. The van der Waals surface area contributed by atoms with Gasteiger partial charge in [0.05, 0.1) is 22.8 Å². The number of aliphatic hydroxyl groups is 1. The lowest BCUT2D eigenvalue weighted by atomic mass is 9.93. The summed E-state index contributed by atoms with van der Waals surface area (Å²) in [5, 5.41) is 16.1. The summed E-state index contributed by atoms with van der Waals surface area (Å²) in [5.74, 6) is 0. The van der Waals surface area contributed by atoms with E-state index in [0.29, 0.717) is 6.54 Å². The number of aliphatic hydroxyl groups excluding tert-OH is 1. The molecule has 1 aromatic carbocycles. The van der Waals surface area contributed by atoms with E-state index in [1.165, 1.54) is 0 Å². The molecule has 0 radical (unpaired) electrons. The van der Waals surface area contributed by atoms with Crippen LogP contribution in [0.5, 0.6) is 0 Å². The van der Waals surface area contributed by atoms with Gasteiger partial charge in [-0.2, -0.15) is 0 Å². The monoisotopic (exact) mass is 262 g/mol. The topological polar surface area (TPSA) is 45.2 Å². The van der Waals surface area contributed by atoms with E-state index in [1.807, 2.05) is 49.6 Å². The zero-order chi connectivity index (χ0) is 13.0. The minimum absolute atomic E-state index is 0.0557. The van der Waals surface area contributed by atoms with Gasteiger partial charge in [-0.05, 0) is 19.4 Å². The van der Waals surface area contributed by atoms with Crippen molar-refractivity contribution < 1.29 is 5.11 Å². The van der Waals surface area contributed by atoms with E-state index in [4.69, 9.17) is 0 Å². The number of aromatic nitrogens is 1. The summed E-state index contributed by atoms with van der Waals surface area (Å²) >= 11 is 1.64. The lowest BCUT2D eigenvalue weighted by Crippen LogP contribution is -2.42. The van der Waals surface area contributed by atoms with E-state index in [1.54, 1.807) is 11.3 Å². The van der Waals surface area contributed by atoms with Crippen LogP contribution < -0.4 is 5.32 Å². The molecule has 4 heteroatoms. The lowest BCUT2D eigenvalue weighted by molar-refractivity contribution is 0.173. The average Bonchev–Trinajstić information content (AvgIpc) is 2.83. The van der Waals surface area contributed by atoms with Crippen LogP contribution in [-0.2, 0) is 12.1 Å². The first-order chi connectivity index (χ1) is 8.64. The number of nitrogens with one attached hydrogen (secondary N) is 1. The van der Waals surface area contributed by atoms with Crippen LogP contribution in [0.15, 0.2) is 35.7 Å². The molecule has 1 heterocycles.